The van der Waals surface area contributed by atoms with Crippen LogP contribution in [0.15, 0.2) is 30.6 Å². The highest BCUT2D eigenvalue weighted by molar-refractivity contribution is 5.63. The highest BCUT2D eigenvalue weighted by Gasteiger charge is 2.10. The van der Waals surface area contributed by atoms with E-state index < -0.39 is 0 Å². The number of anilines is 1. The number of hydrogen-bond donors (Lipinski definition) is 3. The molecule has 2 unspecified atom stereocenters. The lowest BCUT2D eigenvalue weighted by Crippen LogP contribution is -2.34. The molecular formula is C17H25N5O. The van der Waals surface area contributed by atoms with Crippen LogP contribution >= 0.6 is 0 Å². The zero-order valence-corrected chi connectivity index (χ0v) is 13.9. The maximum absolute atomic E-state index is 5.93. The Morgan fingerprint density at radius 2 is 2.00 bits per heavy atom. The van der Waals surface area contributed by atoms with Crippen molar-refractivity contribution in [3.8, 4) is 17.0 Å². The SMILES string of the molecule is Cc1cc(-c2cc(N)ncn2)ccc1OCC(C)CC(C)NN. The van der Waals surface area contributed by atoms with Crippen LogP contribution in [0.25, 0.3) is 11.3 Å². The fourth-order valence-electron chi connectivity index (χ4n) is 2.47. The third-order valence-corrected chi connectivity index (χ3v) is 3.72. The first-order chi connectivity index (χ1) is 11.0. The van der Waals surface area contributed by atoms with Gasteiger partial charge in [-0.2, -0.15) is 0 Å². The highest BCUT2D eigenvalue weighted by Crippen LogP contribution is 2.26. The second-order valence-electron chi connectivity index (χ2n) is 6.03. The molecule has 124 valence electrons. The van der Waals surface area contributed by atoms with E-state index in [1.54, 1.807) is 6.07 Å². The van der Waals surface area contributed by atoms with Gasteiger partial charge in [-0.3, -0.25) is 11.3 Å². The van der Waals surface area contributed by atoms with Crippen LogP contribution in [-0.4, -0.2) is 22.6 Å². The van der Waals surface area contributed by atoms with Gasteiger partial charge in [0.1, 0.15) is 17.9 Å². The van der Waals surface area contributed by atoms with Gasteiger partial charge < -0.3 is 10.5 Å². The van der Waals surface area contributed by atoms with Crippen molar-refractivity contribution in [3.63, 3.8) is 0 Å². The van der Waals surface area contributed by atoms with Crippen LogP contribution in [-0.2, 0) is 0 Å². The predicted molar refractivity (Wildman–Crippen MR) is 92.7 cm³/mol. The minimum atomic E-state index is 0.278. The molecular weight excluding hydrogens is 290 g/mol. The van der Waals surface area contributed by atoms with Crippen LogP contribution in [0, 0.1) is 12.8 Å². The number of rotatable bonds is 7. The lowest BCUT2D eigenvalue weighted by Gasteiger charge is -2.18. The Morgan fingerprint density at radius 3 is 2.65 bits per heavy atom. The Hall–Kier alpha value is -2.18. The van der Waals surface area contributed by atoms with E-state index in [0.717, 1.165) is 29.0 Å². The molecule has 2 atom stereocenters. The molecule has 5 N–H and O–H groups in total. The van der Waals surface area contributed by atoms with Crippen molar-refractivity contribution in [3.05, 3.63) is 36.2 Å². The number of nitrogens with two attached hydrogens (primary N) is 2. The number of nitrogens with zero attached hydrogens (tertiary/aromatic N) is 2. The molecule has 0 radical (unpaired) electrons. The summed E-state index contributed by atoms with van der Waals surface area (Å²) in [6.45, 7) is 6.90. The Labute approximate surface area is 137 Å². The molecule has 6 nitrogen and oxygen atoms in total. The zero-order chi connectivity index (χ0) is 16.8. The number of nitrogen functional groups attached to an aromatic ring is 1. The maximum Gasteiger partial charge on any atom is 0.127 e. The first-order valence-electron chi connectivity index (χ1n) is 7.77. The molecule has 0 saturated carbocycles. The first kappa shape index (κ1) is 17.2. The van der Waals surface area contributed by atoms with Crippen LogP contribution < -0.4 is 21.7 Å². The number of hydrogen-bond acceptors (Lipinski definition) is 6. The van der Waals surface area contributed by atoms with Gasteiger partial charge in [-0.15, -0.1) is 0 Å². The van der Waals surface area contributed by atoms with Gasteiger partial charge >= 0.3 is 0 Å². The van der Waals surface area contributed by atoms with Crippen LogP contribution in [0.3, 0.4) is 0 Å². The van der Waals surface area contributed by atoms with Crippen LogP contribution in [0.4, 0.5) is 5.82 Å². The maximum atomic E-state index is 5.93. The summed E-state index contributed by atoms with van der Waals surface area (Å²) in [5.41, 5.74) is 11.3. The average Bonchev–Trinajstić information content (AvgIpc) is 2.53. The van der Waals surface area contributed by atoms with Gasteiger partial charge in [0.15, 0.2) is 0 Å². The molecule has 2 aromatic rings. The quantitative estimate of drug-likeness (QED) is 0.535. The summed E-state index contributed by atoms with van der Waals surface area (Å²) in [6.07, 6.45) is 2.44. The standard InChI is InChI=1S/C17H25N5O/c1-11(6-13(3)22-19)9-23-16-5-4-14(7-12(16)2)15-8-17(18)21-10-20-15/h4-5,7-8,10-11,13,22H,6,9,19H2,1-3H3,(H2,18,20,21). The molecule has 1 aromatic heterocycles. The van der Waals surface area contributed by atoms with Gasteiger partial charge in [0.05, 0.1) is 12.3 Å². The van der Waals surface area contributed by atoms with Gasteiger partial charge in [-0.05, 0) is 49.9 Å². The molecule has 0 saturated heterocycles. The van der Waals surface area contributed by atoms with Crippen LogP contribution in [0.1, 0.15) is 25.8 Å². The third kappa shape index (κ3) is 4.91. The van der Waals surface area contributed by atoms with E-state index in [0.29, 0.717) is 18.3 Å². The monoisotopic (exact) mass is 315 g/mol. The Bertz CT molecular complexity index is 647. The average molecular weight is 315 g/mol. The Kier molecular flexibility index (Phi) is 5.90. The van der Waals surface area contributed by atoms with Crippen molar-refractivity contribution in [2.75, 3.05) is 12.3 Å². The van der Waals surface area contributed by atoms with Crippen molar-refractivity contribution in [1.29, 1.82) is 0 Å². The van der Waals surface area contributed by atoms with E-state index >= 15 is 0 Å². The fourth-order valence-corrected chi connectivity index (χ4v) is 2.47. The Balaban J connectivity index is 2.02. The lowest BCUT2D eigenvalue weighted by atomic mass is 10.0. The van der Waals surface area contributed by atoms with Crippen LogP contribution in [0.5, 0.6) is 5.75 Å². The van der Waals surface area contributed by atoms with E-state index in [-0.39, 0.29) is 6.04 Å². The lowest BCUT2D eigenvalue weighted by molar-refractivity contribution is 0.239. The summed E-state index contributed by atoms with van der Waals surface area (Å²) in [6, 6.07) is 8.05. The van der Waals surface area contributed by atoms with E-state index in [9.17, 15) is 0 Å². The fraction of sp³-hybridized carbons (Fsp3) is 0.412. The van der Waals surface area contributed by atoms with Crippen molar-refractivity contribution < 1.29 is 4.74 Å². The van der Waals surface area contributed by atoms with E-state index in [1.165, 1.54) is 6.33 Å². The van der Waals surface area contributed by atoms with Crippen molar-refractivity contribution in [1.82, 2.24) is 15.4 Å². The van der Waals surface area contributed by atoms with Gasteiger partial charge in [0.2, 0.25) is 0 Å². The van der Waals surface area contributed by atoms with Crippen molar-refractivity contribution >= 4 is 5.82 Å². The molecule has 1 aromatic carbocycles. The second kappa shape index (κ2) is 7.89. The number of aromatic nitrogens is 2. The predicted octanol–water partition coefficient (Wildman–Crippen LogP) is 2.29. The topological polar surface area (TPSA) is 99.1 Å². The molecule has 0 bridgehead atoms. The van der Waals surface area contributed by atoms with E-state index in [1.807, 2.05) is 25.1 Å². The molecule has 0 aliphatic rings. The third-order valence-electron chi connectivity index (χ3n) is 3.72. The summed E-state index contributed by atoms with van der Waals surface area (Å²) in [4.78, 5) is 8.16. The molecule has 23 heavy (non-hydrogen) atoms. The number of nitrogens with one attached hydrogen (secondary N) is 1. The molecule has 6 heteroatoms. The van der Waals surface area contributed by atoms with Gasteiger partial charge in [0.25, 0.3) is 0 Å². The number of benzene rings is 1. The van der Waals surface area contributed by atoms with E-state index in [2.05, 4.69) is 29.2 Å². The normalized spacial score (nSPS) is 13.6. The number of ether oxygens (including phenoxy) is 1. The smallest absolute Gasteiger partial charge is 0.127 e. The molecule has 0 spiro atoms. The summed E-state index contributed by atoms with van der Waals surface area (Å²) >= 11 is 0. The molecule has 0 fully saturated rings. The molecule has 0 amide bonds. The second-order valence-corrected chi connectivity index (χ2v) is 6.03. The largest absolute Gasteiger partial charge is 0.493 e. The summed E-state index contributed by atoms with van der Waals surface area (Å²) < 4.78 is 5.93. The van der Waals surface area contributed by atoms with Crippen LogP contribution in [0.2, 0.25) is 0 Å². The molecule has 0 aliphatic heterocycles. The number of aryl methyl sites for hydroxylation is 1. The highest BCUT2D eigenvalue weighted by atomic mass is 16.5. The van der Waals surface area contributed by atoms with Gasteiger partial charge in [0, 0.05) is 17.7 Å². The van der Waals surface area contributed by atoms with Crippen molar-refractivity contribution in [2.24, 2.45) is 11.8 Å². The summed E-state index contributed by atoms with van der Waals surface area (Å²) in [7, 11) is 0. The minimum Gasteiger partial charge on any atom is -0.493 e. The number of hydrazine groups is 1. The molecule has 2 rings (SSSR count). The minimum absolute atomic E-state index is 0.278. The molecule has 1 heterocycles. The summed E-state index contributed by atoms with van der Waals surface area (Å²) in [5.74, 6) is 7.19. The zero-order valence-electron chi connectivity index (χ0n) is 13.9. The Morgan fingerprint density at radius 1 is 1.22 bits per heavy atom. The van der Waals surface area contributed by atoms with Gasteiger partial charge in [-0.1, -0.05) is 6.92 Å². The van der Waals surface area contributed by atoms with Crippen molar-refractivity contribution in [2.45, 2.75) is 33.2 Å². The van der Waals surface area contributed by atoms with E-state index in [4.69, 9.17) is 16.3 Å². The summed E-state index contributed by atoms with van der Waals surface area (Å²) in [5, 5.41) is 0. The van der Waals surface area contributed by atoms with Gasteiger partial charge in [-0.25, -0.2) is 9.97 Å². The first-order valence-corrected chi connectivity index (χ1v) is 7.77. The molecule has 0 aliphatic carbocycles.